The molecule has 28 heavy (non-hydrogen) atoms. The van der Waals surface area contributed by atoms with Crippen LogP contribution >= 0.6 is 22.7 Å². The third kappa shape index (κ3) is 7.97. The van der Waals surface area contributed by atoms with Crippen LogP contribution in [0, 0.1) is 0 Å². The lowest BCUT2D eigenvalue weighted by Crippen LogP contribution is -2.10. The predicted molar refractivity (Wildman–Crippen MR) is 113 cm³/mol. The monoisotopic (exact) mass is 424 g/mol. The fourth-order valence-corrected chi connectivity index (χ4v) is 4.23. The molecule has 0 atom stereocenters. The molecule has 2 amide bonds. The van der Waals surface area contributed by atoms with E-state index in [0.717, 1.165) is 17.8 Å². The summed E-state index contributed by atoms with van der Waals surface area (Å²) in [6, 6.07) is 0. The molecule has 2 aromatic heterocycles. The zero-order valence-electron chi connectivity index (χ0n) is 16.4. The molecule has 3 rings (SSSR count). The Morgan fingerprint density at radius 3 is 2.18 bits per heavy atom. The van der Waals surface area contributed by atoms with Gasteiger partial charge in [-0.2, -0.15) is 0 Å². The molecule has 10 heteroatoms. The summed E-state index contributed by atoms with van der Waals surface area (Å²) in [6.45, 7) is 3.95. The highest BCUT2D eigenvalue weighted by Crippen LogP contribution is 2.35. The number of hydrogen-bond acceptors (Lipinski definition) is 8. The summed E-state index contributed by atoms with van der Waals surface area (Å²) in [5.41, 5.74) is 1.58. The molecule has 8 nitrogen and oxygen atoms in total. The van der Waals surface area contributed by atoms with E-state index in [1.54, 1.807) is 5.51 Å². The first-order valence-electron chi connectivity index (χ1n) is 9.81. The van der Waals surface area contributed by atoms with E-state index < -0.39 is 0 Å². The lowest BCUT2D eigenvalue weighted by molar-refractivity contribution is -0.117. The summed E-state index contributed by atoms with van der Waals surface area (Å²) in [7, 11) is 0. The number of hydrogen-bond donors (Lipinski definition) is 2. The standard InChI is InChI=1S/C12H19N3OS.C6H9N3OS/c1-2-6-10(16)13-12-15-14-11(17-12)9-7-4-3-5-8-9;1-2-3-5(10)8-6-9-7-4-11-6/h9H,2-8H2,1H3,(H,13,15,16);4H,2-3H2,1H3,(H,8,9,10). The molecule has 2 heterocycles. The van der Waals surface area contributed by atoms with Crippen molar-refractivity contribution in [3.8, 4) is 0 Å². The highest BCUT2D eigenvalue weighted by atomic mass is 32.1. The van der Waals surface area contributed by atoms with Gasteiger partial charge in [0.2, 0.25) is 22.1 Å². The molecular weight excluding hydrogens is 396 g/mol. The first-order valence-corrected chi connectivity index (χ1v) is 11.5. The molecule has 2 N–H and O–H groups in total. The number of aromatic nitrogens is 4. The van der Waals surface area contributed by atoms with Gasteiger partial charge in [0.15, 0.2) is 0 Å². The zero-order valence-corrected chi connectivity index (χ0v) is 18.1. The highest BCUT2D eigenvalue weighted by Gasteiger charge is 2.20. The van der Waals surface area contributed by atoms with Crippen molar-refractivity contribution < 1.29 is 9.59 Å². The van der Waals surface area contributed by atoms with E-state index in [1.807, 2.05) is 13.8 Å². The Bertz CT molecular complexity index is 713. The third-order valence-corrected chi connectivity index (χ3v) is 5.81. The fourth-order valence-electron chi connectivity index (χ4n) is 2.84. The van der Waals surface area contributed by atoms with Gasteiger partial charge in [-0.3, -0.25) is 9.59 Å². The third-order valence-electron chi connectivity index (χ3n) is 4.20. The number of rotatable bonds is 7. The summed E-state index contributed by atoms with van der Waals surface area (Å²) in [5.74, 6) is 0.612. The molecule has 0 saturated heterocycles. The quantitative estimate of drug-likeness (QED) is 0.672. The molecule has 0 radical (unpaired) electrons. The smallest absolute Gasteiger partial charge is 0.226 e. The van der Waals surface area contributed by atoms with Crippen LogP contribution in [-0.4, -0.2) is 32.2 Å². The van der Waals surface area contributed by atoms with Gasteiger partial charge in [0.05, 0.1) is 0 Å². The minimum atomic E-state index is 0.00394. The largest absolute Gasteiger partial charge is 0.301 e. The van der Waals surface area contributed by atoms with Crippen LogP contribution < -0.4 is 10.6 Å². The van der Waals surface area contributed by atoms with Crippen molar-refractivity contribution in [1.82, 2.24) is 20.4 Å². The second-order valence-electron chi connectivity index (χ2n) is 6.62. The van der Waals surface area contributed by atoms with Crippen LogP contribution in [0.25, 0.3) is 0 Å². The normalized spacial score (nSPS) is 14.1. The highest BCUT2D eigenvalue weighted by molar-refractivity contribution is 7.15. The van der Waals surface area contributed by atoms with Gasteiger partial charge >= 0.3 is 0 Å². The number of nitrogens with zero attached hydrogens (tertiary/aromatic N) is 4. The summed E-state index contributed by atoms with van der Waals surface area (Å²) in [6.07, 6.45) is 9.18. The molecule has 1 aliphatic rings. The lowest BCUT2D eigenvalue weighted by atomic mass is 9.90. The Morgan fingerprint density at radius 1 is 0.964 bits per heavy atom. The van der Waals surface area contributed by atoms with Crippen LogP contribution in [0.1, 0.15) is 82.6 Å². The average molecular weight is 425 g/mol. The predicted octanol–water partition coefficient (Wildman–Crippen LogP) is 4.60. The molecule has 0 aromatic carbocycles. The van der Waals surface area contributed by atoms with Gasteiger partial charge < -0.3 is 10.6 Å². The van der Waals surface area contributed by atoms with Gasteiger partial charge in [0, 0.05) is 18.8 Å². The van der Waals surface area contributed by atoms with Crippen molar-refractivity contribution in [2.24, 2.45) is 0 Å². The number of carbonyl (C=O) groups is 2. The van der Waals surface area contributed by atoms with E-state index in [2.05, 4.69) is 31.0 Å². The fraction of sp³-hybridized carbons (Fsp3) is 0.667. The summed E-state index contributed by atoms with van der Waals surface area (Å²) >= 11 is 2.86. The van der Waals surface area contributed by atoms with E-state index >= 15 is 0 Å². The van der Waals surface area contributed by atoms with Crippen LogP contribution in [0.15, 0.2) is 5.51 Å². The Morgan fingerprint density at radius 2 is 1.61 bits per heavy atom. The number of amides is 2. The summed E-state index contributed by atoms with van der Waals surface area (Å²) < 4.78 is 0. The Kier molecular flexibility index (Phi) is 9.98. The number of carbonyl (C=O) groups excluding carboxylic acids is 2. The van der Waals surface area contributed by atoms with Gasteiger partial charge in [-0.05, 0) is 25.7 Å². The van der Waals surface area contributed by atoms with Gasteiger partial charge in [-0.1, -0.05) is 55.8 Å². The molecule has 2 aromatic rings. The minimum absolute atomic E-state index is 0.00394. The van der Waals surface area contributed by atoms with Gasteiger partial charge in [-0.25, -0.2) is 0 Å². The Labute approximate surface area is 173 Å². The van der Waals surface area contributed by atoms with E-state index in [9.17, 15) is 9.59 Å². The Balaban J connectivity index is 0.000000221. The Hall–Kier alpha value is -1.94. The van der Waals surface area contributed by atoms with Crippen molar-refractivity contribution in [1.29, 1.82) is 0 Å². The summed E-state index contributed by atoms with van der Waals surface area (Å²) in [4.78, 5) is 22.4. The van der Waals surface area contributed by atoms with Crippen LogP contribution in [0.5, 0.6) is 0 Å². The van der Waals surface area contributed by atoms with Crippen molar-refractivity contribution in [3.05, 3.63) is 10.5 Å². The van der Waals surface area contributed by atoms with Crippen LogP contribution in [0.4, 0.5) is 10.3 Å². The second-order valence-corrected chi connectivity index (χ2v) is 8.46. The first kappa shape index (κ1) is 22.4. The van der Waals surface area contributed by atoms with E-state index in [1.165, 1.54) is 54.8 Å². The van der Waals surface area contributed by atoms with Gasteiger partial charge in [0.25, 0.3) is 0 Å². The lowest BCUT2D eigenvalue weighted by Gasteiger charge is -2.18. The molecule has 1 saturated carbocycles. The van der Waals surface area contributed by atoms with Crippen molar-refractivity contribution in [3.63, 3.8) is 0 Å². The molecule has 1 fully saturated rings. The first-order chi connectivity index (χ1) is 13.6. The van der Waals surface area contributed by atoms with Crippen molar-refractivity contribution in [2.45, 2.75) is 77.6 Å². The van der Waals surface area contributed by atoms with E-state index in [4.69, 9.17) is 0 Å². The zero-order chi connectivity index (χ0) is 20.2. The number of nitrogens with one attached hydrogen (secondary N) is 2. The molecule has 1 aliphatic carbocycles. The van der Waals surface area contributed by atoms with Gasteiger partial charge in [-0.15, -0.1) is 20.4 Å². The van der Waals surface area contributed by atoms with Gasteiger partial charge in [0.1, 0.15) is 10.5 Å². The van der Waals surface area contributed by atoms with Crippen molar-refractivity contribution >= 4 is 44.8 Å². The number of anilines is 2. The average Bonchev–Trinajstić information content (AvgIpc) is 3.35. The topological polar surface area (TPSA) is 110 Å². The molecule has 0 unspecified atom stereocenters. The maximum absolute atomic E-state index is 11.4. The van der Waals surface area contributed by atoms with Crippen LogP contribution in [-0.2, 0) is 9.59 Å². The van der Waals surface area contributed by atoms with Crippen LogP contribution in [0.3, 0.4) is 0 Å². The molecule has 0 aliphatic heterocycles. The molecule has 154 valence electrons. The second kappa shape index (κ2) is 12.5. The SMILES string of the molecule is CCCC(=O)Nc1nnc(C2CCCCC2)s1.CCCC(=O)Nc1nncs1. The summed E-state index contributed by atoms with van der Waals surface area (Å²) in [5, 5.41) is 23.3. The maximum Gasteiger partial charge on any atom is 0.226 e. The van der Waals surface area contributed by atoms with Crippen LogP contribution in [0.2, 0.25) is 0 Å². The van der Waals surface area contributed by atoms with E-state index in [0.29, 0.717) is 29.0 Å². The molecule has 0 spiro atoms. The minimum Gasteiger partial charge on any atom is -0.301 e. The maximum atomic E-state index is 11.4. The van der Waals surface area contributed by atoms with Crippen molar-refractivity contribution in [2.75, 3.05) is 10.6 Å². The van der Waals surface area contributed by atoms with E-state index in [-0.39, 0.29) is 11.8 Å². The molecule has 0 bridgehead atoms. The molecular formula is C18H28N6O2S2.